The van der Waals surface area contributed by atoms with Crippen LogP contribution in [-0.4, -0.2) is 44.3 Å². The molecule has 3 N–H and O–H groups in total. The second-order valence-corrected chi connectivity index (χ2v) is 9.14. The van der Waals surface area contributed by atoms with E-state index in [1.54, 1.807) is 23.1 Å². The number of halogens is 1. The number of pyridine rings is 1. The van der Waals surface area contributed by atoms with Gasteiger partial charge in [-0.15, -0.1) is 0 Å². The molecule has 0 spiro atoms. The molecular formula is C26H30FN5O2. The molecule has 0 amide bonds. The molecule has 0 unspecified atom stereocenters. The molecule has 0 radical (unpaired) electrons. The van der Waals surface area contributed by atoms with E-state index < -0.39 is 5.97 Å². The van der Waals surface area contributed by atoms with E-state index in [0.29, 0.717) is 31.3 Å². The summed E-state index contributed by atoms with van der Waals surface area (Å²) in [6.45, 7) is 6.47. The number of carboxylic acid groups (broad SMARTS) is 1. The molecule has 4 rings (SSSR count). The Kier molecular flexibility index (Phi) is 6.88. The highest BCUT2D eigenvalue weighted by molar-refractivity contribution is 5.98. The number of hydrogen-bond donors (Lipinski definition) is 3. The lowest BCUT2D eigenvalue weighted by molar-refractivity contribution is -0.142. The number of rotatable bonds is 6. The molecule has 1 fully saturated rings. The maximum absolute atomic E-state index is 13.6. The van der Waals surface area contributed by atoms with Crippen LogP contribution >= 0.6 is 0 Å². The lowest BCUT2D eigenvalue weighted by atomic mass is 9.86. The maximum atomic E-state index is 13.6. The topological polar surface area (TPSA) is 104 Å². The molecule has 8 heteroatoms. The molecule has 0 aliphatic heterocycles. The number of hydrogen-bond acceptors (Lipinski definition) is 5. The monoisotopic (exact) mass is 463 g/mol. The fourth-order valence-electron chi connectivity index (χ4n) is 4.50. The van der Waals surface area contributed by atoms with Gasteiger partial charge in [-0.3, -0.25) is 15.2 Å². The van der Waals surface area contributed by atoms with Gasteiger partial charge in [0.2, 0.25) is 0 Å². The molecule has 3 aromatic rings. The first-order valence-corrected chi connectivity index (χ1v) is 11.6. The molecule has 178 valence electrons. The number of carboxylic acids is 1. The van der Waals surface area contributed by atoms with Gasteiger partial charge in [0.1, 0.15) is 11.7 Å². The predicted molar refractivity (Wildman–Crippen MR) is 131 cm³/mol. The van der Waals surface area contributed by atoms with Crippen molar-refractivity contribution in [1.82, 2.24) is 20.1 Å². The van der Waals surface area contributed by atoms with Crippen molar-refractivity contribution in [3.63, 3.8) is 0 Å². The van der Waals surface area contributed by atoms with E-state index in [2.05, 4.69) is 15.4 Å². The summed E-state index contributed by atoms with van der Waals surface area (Å²) >= 11 is 0. The van der Waals surface area contributed by atoms with Crippen molar-refractivity contribution in [3.8, 4) is 11.1 Å². The van der Waals surface area contributed by atoms with Gasteiger partial charge < -0.3 is 10.4 Å². The molecule has 34 heavy (non-hydrogen) atoms. The standard InChI is InChI=1S/C26H30FN5O2/c1-15(12-29-22-7-4-18(5-8-22)26(33)34)16(2)25(28)32-17(3)23(14-31-32)20-10-19-11-21(27)6-9-24(19)30-13-20/h6,9-11,13-14,18,22,28-29H,4-5,7-8,12H2,1-3H3,(H,33,34). The molecule has 2 aromatic heterocycles. The van der Waals surface area contributed by atoms with E-state index >= 15 is 0 Å². The Morgan fingerprint density at radius 3 is 2.65 bits per heavy atom. The number of carbonyl (C=O) groups is 1. The fraction of sp³-hybridized carbons (Fsp3) is 0.385. The number of aromatic nitrogens is 3. The van der Waals surface area contributed by atoms with E-state index in [0.717, 1.165) is 51.7 Å². The zero-order valence-electron chi connectivity index (χ0n) is 19.7. The van der Waals surface area contributed by atoms with Gasteiger partial charge in [0, 0.05) is 35.3 Å². The first-order chi connectivity index (χ1) is 16.2. The number of aliphatic carboxylic acids is 1. The van der Waals surface area contributed by atoms with Crippen molar-refractivity contribution in [2.75, 3.05) is 6.54 Å². The van der Waals surface area contributed by atoms with Gasteiger partial charge in [0.15, 0.2) is 0 Å². The SMILES string of the molecule is CC(CNC1CCC(C(=O)O)CC1)=C(C)C(=N)n1ncc(-c2cnc3ccc(F)cc3c2)c1C. The van der Waals surface area contributed by atoms with Gasteiger partial charge in [0.05, 0.1) is 23.3 Å². The zero-order chi connectivity index (χ0) is 24.4. The van der Waals surface area contributed by atoms with Crippen LogP contribution in [0.2, 0.25) is 0 Å². The van der Waals surface area contributed by atoms with Crippen LogP contribution in [-0.2, 0) is 4.79 Å². The third-order valence-electron chi connectivity index (χ3n) is 6.90. The van der Waals surface area contributed by atoms with Crippen molar-refractivity contribution >= 4 is 22.7 Å². The second kappa shape index (κ2) is 9.85. The zero-order valence-corrected chi connectivity index (χ0v) is 19.7. The minimum Gasteiger partial charge on any atom is -0.481 e. The van der Waals surface area contributed by atoms with Gasteiger partial charge in [-0.2, -0.15) is 5.10 Å². The largest absolute Gasteiger partial charge is 0.481 e. The minimum atomic E-state index is -0.695. The molecule has 0 atom stereocenters. The molecule has 1 aromatic carbocycles. The number of nitrogens with zero attached hydrogens (tertiary/aromatic N) is 3. The Morgan fingerprint density at radius 1 is 1.21 bits per heavy atom. The summed E-state index contributed by atoms with van der Waals surface area (Å²) in [5.41, 5.74) is 5.09. The summed E-state index contributed by atoms with van der Waals surface area (Å²) in [4.78, 5) is 15.6. The summed E-state index contributed by atoms with van der Waals surface area (Å²) in [6, 6.07) is 6.71. The van der Waals surface area contributed by atoms with Gasteiger partial charge in [-0.1, -0.05) is 5.57 Å². The highest BCUT2D eigenvalue weighted by atomic mass is 19.1. The van der Waals surface area contributed by atoms with Crippen LogP contribution in [0.15, 0.2) is 47.8 Å². The quantitative estimate of drug-likeness (QED) is 0.355. The summed E-state index contributed by atoms with van der Waals surface area (Å²) in [5, 5.41) is 26.6. The van der Waals surface area contributed by atoms with Gasteiger partial charge in [-0.25, -0.2) is 9.07 Å². The molecule has 1 aliphatic carbocycles. The van der Waals surface area contributed by atoms with Crippen LogP contribution in [0.3, 0.4) is 0 Å². The molecule has 0 bridgehead atoms. The molecular weight excluding hydrogens is 433 g/mol. The molecule has 2 heterocycles. The van der Waals surface area contributed by atoms with E-state index in [9.17, 15) is 9.18 Å². The van der Waals surface area contributed by atoms with E-state index in [-0.39, 0.29) is 11.7 Å². The number of allylic oxidation sites excluding steroid dienone is 1. The van der Waals surface area contributed by atoms with Crippen LogP contribution < -0.4 is 5.32 Å². The lowest BCUT2D eigenvalue weighted by Gasteiger charge is -2.27. The van der Waals surface area contributed by atoms with Crippen molar-refractivity contribution in [2.24, 2.45) is 5.92 Å². The summed E-state index contributed by atoms with van der Waals surface area (Å²) in [6.07, 6.45) is 6.58. The van der Waals surface area contributed by atoms with Gasteiger partial charge >= 0.3 is 5.97 Å². The maximum Gasteiger partial charge on any atom is 0.306 e. The Morgan fingerprint density at radius 2 is 1.94 bits per heavy atom. The van der Waals surface area contributed by atoms with E-state index in [1.807, 2.05) is 26.8 Å². The molecule has 1 aliphatic rings. The lowest BCUT2D eigenvalue weighted by Crippen LogP contribution is -2.36. The minimum absolute atomic E-state index is 0.224. The van der Waals surface area contributed by atoms with Crippen LogP contribution in [0.1, 0.15) is 45.2 Å². The van der Waals surface area contributed by atoms with Crippen molar-refractivity contribution in [1.29, 1.82) is 5.41 Å². The molecule has 0 saturated heterocycles. The number of benzene rings is 1. The summed E-state index contributed by atoms with van der Waals surface area (Å²) in [5.74, 6) is -0.921. The molecule has 7 nitrogen and oxygen atoms in total. The normalized spacial score (nSPS) is 19.2. The Hall–Kier alpha value is -3.39. The second-order valence-electron chi connectivity index (χ2n) is 9.14. The Balaban J connectivity index is 1.46. The van der Waals surface area contributed by atoms with Crippen LogP contribution in [0, 0.1) is 24.1 Å². The van der Waals surface area contributed by atoms with Gasteiger partial charge in [-0.05, 0) is 76.3 Å². The van der Waals surface area contributed by atoms with Crippen molar-refractivity contribution in [3.05, 3.63) is 59.3 Å². The van der Waals surface area contributed by atoms with Crippen LogP contribution in [0.25, 0.3) is 22.0 Å². The van der Waals surface area contributed by atoms with Gasteiger partial charge in [0.25, 0.3) is 0 Å². The highest BCUT2D eigenvalue weighted by Crippen LogP contribution is 2.27. The predicted octanol–water partition coefficient (Wildman–Crippen LogP) is 4.94. The highest BCUT2D eigenvalue weighted by Gasteiger charge is 2.25. The third-order valence-corrected chi connectivity index (χ3v) is 6.90. The van der Waals surface area contributed by atoms with Crippen molar-refractivity contribution in [2.45, 2.75) is 52.5 Å². The Labute approximate surface area is 198 Å². The third kappa shape index (κ3) is 4.92. The Bertz CT molecular complexity index is 1270. The van der Waals surface area contributed by atoms with E-state index in [1.165, 1.54) is 12.1 Å². The van der Waals surface area contributed by atoms with E-state index in [4.69, 9.17) is 10.5 Å². The first-order valence-electron chi connectivity index (χ1n) is 11.6. The smallest absolute Gasteiger partial charge is 0.306 e. The summed E-state index contributed by atoms with van der Waals surface area (Å²) < 4.78 is 15.3. The van der Waals surface area contributed by atoms with Crippen LogP contribution in [0.5, 0.6) is 0 Å². The number of nitrogens with one attached hydrogen (secondary N) is 2. The molecule has 1 saturated carbocycles. The number of fused-ring (bicyclic) bond motifs is 1. The average molecular weight is 464 g/mol. The summed E-state index contributed by atoms with van der Waals surface area (Å²) in [7, 11) is 0. The average Bonchev–Trinajstić information content (AvgIpc) is 3.22. The van der Waals surface area contributed by atoms with Crippen molar-refractivity contribution < 1.29 is 14.3 Å². The fourth-order valence-corrected chi connectivity index (χ4v) is 4.50. The van der Waals surface area contributed by atoms with Crippen LogP contribution in [0.4, 0.5) is 4.39 Å². The first kappa shape index (κ1) is 23.8.